The Morgan fingerprint density at radius 1 is 0.828 bits per heavy atom. The Labute approximate surface area is 169 Å². The molecular weight excluding hydrogens is 372 g/mol. The molecule has 0 atom stereocenters. The molecule has 7 nitrogen and oxygen atoms in total. The van der Waals surface area contributed by atoms with Gasteiger partial charge in [-0.15, -0.1) is 0 Å². The summed E-state index contributed by atoms with van der Waals surface area (Å²) >= 11 is 0. The smallest absolute Gasteiger partial charge is 0.273 e. The van der Waals surface area contributed by atoms with E-state index in [4.69, 9.17) is 14.3 Å². The Balaban J connectivity index is 1.31. The molecule has 0 heterocycles. The first-order valence-corrected chi connectivity index (χ1v) is 9.24. The van der Waals surface area contributed by atoms with E-state index in [0.717, 1.165) is 11.3 Å². The van der Waals surface area contributed by atoms with Crippen LogP contribution in [0.25, 0.3) is 0 Å². The van der Waals surface area contributed by atoms with Gasteiger partial charge in [-0.3, -0.25) is 10.1 Å². The molecule has 0 fully saturated rings. The van der Waals surface area contributed by atoms with Crippen molar-refractivity contribution in [3.05, 3.63) is 94.5 Å². The van der Waals surface area contributed by atoms with E-state index in [1.807, 2.05) is 54.6 Å². The third-order valence-electron chi connectivity index (χ3n) is 3.98. The van der Waals surface area contributed by atoms with Crippen LogP contribution >= 0.6 is 0 Å². The van der Waals surface area contributed by atoms with E-state index in [0.29, 0.717) is 37.7 Å². The first kappa shape index (κ1) is 20.2. The molecule has 3 aromatic carbocycles. The third-order valence-corrected chi connectivity index (χ3v) is 3.98. The van der Waals surface area contributed by atoms with Crippen molar-refractivity contribution >= 4 is 5.69 Å². The highest BCUT2D eigenvalue weighted by molar-refractivity contribution is 5.37. The summed E-state index contributed by atoms with van der Waals surface area (Å²) in [7, 11) is 0. The highest BCUT2D eigenvalue weighted by Gasteiger charge is 2.06. The molecule has 0 radical (unpaired) electrons. The molecule has 7 heteroatoms. The lowest BCUT2D eigenvalue weighted by molar-refractivity contribution is -0.384. The molecule has 0 aliphatic carbocycles. The van der Waals surface area contributed by atoms with Gasteiger partial charge in [-0.05, 0) is 42.3 Å². The zero-order valence-corrected chi connectivity index (χ0v) is 15.8. The Bertz CT molecular complexity index is 901. The number of non-ortho nitro benzene ring substituents is 1. The van der Waals surface area contributed by atoms with E-state index in [-0.39, 0.29) is 5.69 Å². The van der Waals surface area contributed by atoms with Crippen molar-refractivity contribution in [3.8, 4) is 17.2 Å². The Kier molecular flexibility index (Phi) is 7.42. The molecular formula is C22H22N2O5. The zero-order valence-electron chi connectivity index (χ0n) is 15.8. The van der Waals surface area contributed by atoms with Crippen molar-refractivity contribution in [1.29, 1.82) is 0 Å². The van der Waals surface area contributed by atoms with E-state index < -0.39 is 4.92 Å². The summed E-state index contributed by atoms with van der Waals surface area (Å²) in [6.07, 6.45) is 0.682. The van der Waals surface area contributed by atoms with Gasteiger partial charge in [0.25, 0.3) is 5.69 Å². The topological polar surface area (TPSA) is 82.9 Å². The van der Waals surface area contributed by atoms with Gasteiger partial charge in [0.1, 0.15) is 23.9 Å². The summed E-state index contributed by atoms with van der Waals surface area (Å²) in [4.78, 5) is 15.8. The molecule has 0 unspecified atom stereocenters. The van der Waals surface area contributed by atoms with Crippen LogP contribution in [-0.2, 0) is 6.61 Å². The molecule has 0 saturated carbocycles. The maximum Gasteiger partial charge on any atom is 0.273 e. The minimum absolute atomic E-state index is 0.0140. The minimum atomic E-state index is -0.444. The van der Waals surface area contributed by atoms with Gasteiger partial charge in [-0.25, -0.2) is 0 Å². The van der Waals surface area contributed by atoms with Gasteiger partial charge in [-0.1, -0.05) is 36.4 Å². The fourth-order valence-electron chi connectivity index (χ4n) is 2.50. The van der Waals surface area contributed by atoms with Gasteiger partial charge in [0.15, 0.2) is 0 Å². The number of nitrogens with one attached hydrogen (secondary N) is 1. The van der Waals surface area contributed by atoms with Crippen LogP contribution in [0.4, 0.5) is 5.69 Å². The van der Waals surface area contributed by atoms with Gasteiger partial charge in [0, 0.05) is 12.6 Å². The Morgan fingerprint density at radius 2 is 1.59 bits per heavy atom. The van der Waals surface area contributed by atoms with Gasteiger partial charge < -0.3 is 14.3 Å². The number of ether oxygens (including phenoxy) is 2. The van der Waals surface area contributed by atoms with Crippen LogP contribution in [0.15, 0.2) is 78.9 Å². The lowest BCUT2D eigenvalue weighted by Crippen LogP contribution is -2.21. The van der Waals surface area contributed by atoms with E-state index in [9.17, 15) is 10.1 Å². The predicted molar refractivity (Wildman–Crippen MR) is 109 cm³/mol. The minimum Gasteiger partial charge on any atom is -0.493 e. The fourth-order valence-corrected chi connectivity index (χ4v) is 2.50. The van der Waals surface area contributed by atoms with Gasteiger partial charge in [0.05, 0.1) is 17.6 Å². The number of nitro groups is 1. The van der Waals surface area contributed by atoms with Crippen LogP contribution in [0.1, 0.15) is 12.0 Å². The van der Waals surface area contributed by atoms with Crippen LogP contribution in [0, 0.1) is 10.1 Å². The summed E-state index contributed by atoms with van der Waals surface area (Å²) in [5.41, 5.74) is 3.99. The van der Waals surface area contributed by atoms with Crippen LogP contribution in [-0.4, -0.2) is 18.1 Å². The number of nitro benzene ring substituents is 1. The number of rotatable bonds is 11. The summed E-state index contributed by atoms with van der Waals surface area (Å²) < 4.78 is 11.2. The van der Waals surface area contributed by atoms with Gasteiger partial charge in [-0.2, -0.15) is 5.48 Å². The molecule has 29 heavy (non-hydrogen) atoms. The number of benzene rings is 3. The van der Waals surface area contributed by atoms with E-state index in [1.165, 1.54) is 12.1 Å². The quantitative estimate of drug-likeness (QED) is 0.292. The summed E-state index contributed by atoms with van der Waals surface area (Å²) in [6, 6.07) is 23.5. The van der Waals surface area contributed by atoms with E-state index in [2.05, 4.69) is 5.48 Å². The number of hydroxylamine groups is 1. The highest BCUT2D eigenvalue weighted by atomic mass is 16.6. The lowest BCUT2D eigenvalue weighted by atomic mass is 10.2. The van der Waals surface area contributed by atoms with Crippen LogP contribution in [0.2, 0.25) is 0 Å². The third kappa shape index (κ3) is 6.82. The molecule has 0 spiro atoms. The average molecular weight is 394 g/mol. The largest absolute Gasteiger partial charge is 0.493 e. The molecule has 0 aliphatic heterocycles. The van der Waals surface area contributed by atoms with E-state index >= 15 is 0 Å². The lowest BCUT2D eigenvalue weighted by Gasteiger charge is -2.10. The van der Waals surface area contributed by atoms with Crippen LogP contribution in [0.3, 0.4) is 0 Å². The monoisotopic (exact) mass is 394 g/mol. The van der Waals surface area contributed by atoms with Crippen LogP contribution in [0.5, 0.6) is 17.2 Å². The molecule has 0 saturated heterocycles. The van der Waals surface area contributed by atoms with Crippen molar-refractivity contribution in [1.82, 2.24) is 5.48 Å². The average Bonchev–Trinajstić information content (AvgIpc) is 2.76. The van der Waals surface area contributed by atoms with Gasteiger partial charge >= 0.3 is 0 Å². The molecule has 1 N–H and O–H groups in total. The standard InChI is InChI=1S/C22H22N2O5/c25-24(26)19-8-4-9-22(16-19)27-15-5-14-23-29-21-12-10-20(11-13-21)28-17-18-6-2-1-3-7-18/h1-4,6-13,16,23H,5,14-15,17H2. The maximum atomic E-state index is 10.7. The second kappa shape index (κ2) is 10.7. The van der Waals surface area contributed by atoms with Crippen LogP contribution < -0.4 is 19.8 Å². The predicted octanol–water partition coefficient (Wildman–Crippen LogP) is 4.53. The molecule has 0 bridgehead atoms. The Hall–Kier alpha value is -3.58. The molecule has 0 aromatic heterocycles. The number of hydrogen-bond donors (Lipinski definition) is 1. The van der Waals surface area contributed by atoms with Crippen molar-refractivity contribution in [3.63, 3.8) is 0 Å². The molecule has 3 rings (SSSR count). The number of hydrogen-bond acceptors (Lipinski definition) is 6. The molecule has 3 aromatic rings. The fraction of sp³-hybridized carbons (Fsp3) is 0.182. The van der Waals surface area contributed by atoms with Gasteiger partial charge in [0.2, 0.25) is 0 Å². The molecule has 0 amide bonds. The number of nitrogens with zero attached hydrogens (tertiary/aromatic N) is 1. The van der Waals surface area contributed by atoms with Crippen molar-refractivity contribution < 1.29 is 19.2 Å². The SMILES string of the molecule is O=[N+]([O-])c1cccc(OCCCNOc2ccc(OCc3ccccc3)cc2)c1. The second-order valence-corrected chi connectivity index (χ2v) is 6.20. The van der Waals surface area contributed by atoms with Crippen molar-refractivity contribution in [2.45, 2.75) is 13.0 Å². The maximum absolute atomic E-state index is 10.7. The normalized spacial score (nSPS) is 10.3. The zero-order chi connectivity index (χ0) is 20.3. The second-order valence-electron chi connectivity index (χ2n) is 6.20. The van der Waals surface area contributed by atoms with Crippen molar-refractivity contribution in [2.75, 3.05) is 13.2 Å². The van der Waals surface area contributed by atoms with E-state index in [1.54, 1.807) is 12.1 Å². The molecule has 0 aliphatic rings. The first-order valence-electron chi connectivity index (χ1n) is 9.24. The summed E-state index contributed by atoms with van der Waals surface area (Å²) in [6.45, 7) is 1.51. The summed E-state index contributed by atoms with van der Waals surface area (Å²) in [5.74, 6) is 1.93. The highest BCUT2D eigenvalue weighted by Crippen LogP contribution is 2.19. The van der Waals surface area contributed by atoms with Crippen molar-refractivity contribution in [2.24, 2.45) is 0 Å². The molecule has 150 valence electrons. The Morgan fingerprint density at radius 3 is 2.34 bits per heavy atom. The summed E-state index contributed by atoms with van der Waals surface area (Å²) in [5, 5.41) is 10.7. The first-order chi connectivity index (χ1) is 14.2.